The molecule has 6 nitrogen and oxygen atoms in total. The van der Waals surface area contributed by atoms with Crippen molar-refractivity contribution in [3.8, 4) is 0 Å². The molecule has 0 aliphatic carbocycles. The summed E-state index contributed by atoms with van der Waals surface area (Å²) in [5.41, 5.74) is 2.41. The molecule has 0 unspecified atom stereocenters. The quantitative estimate of drug-likeness (QED) is 0.872. The van der Waals surface area contributed by atoms with E-state index in [1.807, 2.05) is 0 Å². The van der Waals surface area contributed by atoms with E-state index in [0.717, 1.165) is 42.7 Å². The number of ether oxygens (including phenoxy) is 1. The molecule has 2 aromatic rings. The summed E-state index contributed by atoms with van der Waals surface area (Å²) >= 11 is 0. The van der Waals surface area contributed by atoms with Crippen molar-refractivity contribution in [1.82, 2.24) is 9.97 Å². The summed E-state index contributed by atoms with van der Waals surface area (Å²) in [5.74, 6) is 0.722. The maximum atomic E-state index is 9.15. The number of aromatic nitrogens is 2. The molecule has 0 aromatic carbocycles. The monoisotopic (exact) mass is 277 g/mol. The number of nitrogens with zero attached hydrogens (tertiary/aromatic N) is 2. The van der Waals surface area contributed by atoms with Gasteiger partial charge in [0.05, 0.1) is 25.1 Å². The van der Waals surface area contributed by atoms with Gasteiger partial charge in [-0.05, 0) is 19.3 Å². The summed E-state index contributed by atoms with van der Waals surface area (Å²) in [7, 11) is 0. The Hall–Kier alpha value is -1.66. The Balaban J connectivity index is 1.90. The van der Waals surface area contributed by atoms with E-state index in [1.54, 1.807) is 6.26 Å². The second-order valence-electron chi connectivity index (χ2n) is 5.02. The average molecular weight is 277 g/mol. The SMILES string of the molecule is CCCNc1ncnc2c([C@H]3CC[C@@H](CO)O3)coc12. The van der Waals surface area contributed by atoms with Crippen molar-refractivity contribution in [2.24, 2.45) is 0 Å². The topological polar surface area (TPSA) is 80.4 Å². The van der Waals surface area contributed by atoms with Crippen molar-refractivity contribution in [1.29, 1.82) is 0 Å². The van der Waals surface area contributed by atoms with Crippen molar-refractivity contribution >= 4 is 16.9 Å². The predicted octanol–water partition coefficient (Wildman–Crippen LogP) is 2.26. The van der Waals surface area contributed by atoms with Crippen LogP contribution in [0.15, 0.2) is 17.0 Å². The van der Waals surface area contributed by atoms with Gasteiger partial charge in [-0.1, -0.05) is 6.92 Å². The van der Waals surface area contributed by atoms with E-state index < -0.39 is 0 Å². The van der Waals surface area contributed by atoms with Gasteiger partial charge in [0.25, 0.3) is 0 Å². The number of hydrogen-bond acceptors (Lipinski definition) is 6. The number of aliphatic hydroxyl groups is 1. The van der Waals surface area contributed by atoms with Crippen LogP contribution in [0, 0.1) is 0 Å². The van der Waals surface area contributed by atoms with Gasteiger partial charge in [0.1, 0.15) is 11.8 Å². The minimum absolute atomic E-state index is 0.0534. The van der Waals surface area contributed by atoms with Crippen molar-refractivity contribution in [2.45, 2.75) is 38.4 Å². The third-order valence-electron chi connectivity index (χ3n) is 3.58. The first-order valence-electron chi connectivity index (χ1n) is 7.05. The molecule has 0 saturated carbocycles. The minimum Gasteiger partial charge on any atom is -0.458 e. The number of furan rings is 1. The lowest BCUT2D eigenvalue weighted by molar-refractivity contribution is 0.0112. The molecule has 2 aromatic heterocycles. The van der Waals surface area contributed by atoms with Gasteiger partial charge < -0.3 is 19.6 Å². The first kappa shape index (κ1) is 13.3. The highest BCUT2D eigenvalue weighted by Crippen LogP contribution is 2.37. The number of nitrogens with one attached hydrogen (secondary N) is 1. The Morgan fingerprint density at radius 2 is 2.30 bits per heavy atom. The molecule has 0 bridgehead atoms. The fraction of sp³-hybridized carbons (Fsp3) is 0.571. The van der Waals surface area contributed by atoms with E-state index in [-0.39, 0.29) is 18.8 Å². The van der Waals surface area contributed by atoms with E-state index in [2.05, 4.69) is 22.2 Å². The Kier molecular flexibility index (Phi) is 3.84. The third kappa shape index (κ3) is 2.36. The molecule has 0 amide bonds. The molecule has 6 heteroatoms. The van der Waals surface area contributed by atoms with Crippen molar-refractivity contribution < 1.29 is 14.3 Å². The van der Waals surface area contributed by atoms with Crippen molar-refractivity contribution in [2.75, 3.05) is 18.5 Å². The van der Waals surface area contributed by atoms with Crippen LogP contribution in [-0.2, 0) is 4.74 Å². The van der Waals surface area contributed by atoms with Gasteiger partial charge in [0.15, 0.2) is 11.4 Å². The minimum atomic E-state index is -0.0792. The standard InChI is InChI=1S/C14H19N3O3/c1-2-5-15-14-13-12(16-8-17-14)10(7-19-13)11-4-3-9(6-18)20-11/h7-9,11,18H,2-6H2,1H3,(H,15,16,17)/t9-,11+/m0/s1. The van der Waals surface area contributed by atoms with Crippen LogP contribution in [0.1, 0.15) is 37.9 Å². The molecule has 2 atom stereocenters. The maximum Gasteiger partial charge on any atom is 0.194 e. The van der Waals surface area contributed by atoms with Crippen LogP contribution < -0.4 is 5.32 Å². The highest BCUT2D eigenvalue weighted by molar-refractivity contribution is 5.86. The second kappa shape index (κ2) is 5.76. The lowest BCUT2D eigenvalue weighted by Gasteiger charge is -2.10. The van der Waals surface area contributed by atoms with Crippen LogP contribution in [0.25, 0.3) is 11.1 Å². The van der Waals surface area contributed by atoms with E-state index in [4.69, 9.17) is 14.3 Å². The molecule has 108 valence electrons. The second-order valence-corrected chi connectivity index (χ2v) is 5.02. The molecule has 0 radical (unpaired) electrons. The van der Waals surface area contributed by atoms with Crippen LogP contribution >= 0.6 is 0 Å². The first-order chi connectivity index (χ1) is 9.83. The van der Waals surface area contributed by atoms with Crippen LogP contribution in [0.3, 0.4) is 0 Å². The lowest BCUT2D eigenvalue weighted by atomic mass is 10.1. The van der Waals surface area contributed by atoms with Gasteiger partial charge in [0, 0.05) is 12.1 Å². The zero-order valence-electron chi connectivity index (χ0n) is 11.5. The number of anilines is 1. The van der Waals surface area contributed by atoms with Crippen molar-refractivity contribution in [3.05, 3.63) is 18.2 Å². The number of rotatable bonds is 5. The van der Waals surface area contributed by atoms with E-state index >= 15 is 0 Å². The zero-order chi connectivity index (χ0) is 13.9. The fourth-order valence-corrected chi connectivity index (χ4v) is 2.54. The first-order valence-corrected chi connectivity index (χ1v) is 7.05. The zero-order valence-corrected chi connectivity index (χ0v) is 11.5. The maximum absolute atomic E-state index is 9.15. The Morgan fingerprint density at radius 3 is 3.05 bits per heavy atom. The molecule has 2 N–H and O–H groups in total. The molecule has 1 fully saturated rings. The Labute approximate surface area is 117 Å². The van der Waals surface area contributed by atoms with Crippen LogP contribution in [-0.4, -0.2) is 34.3 Å². The number of fused-ring (bicyclic) bond motifs is 1. The number of hydrogen-bond donors (Lipinski definition) is 2. The Bertz CT molecular complexity index is 584. The summed E-state index contributed by atoms with van der Waals surface area (Å²) in [6.45, 7) is 3.00. The molecular formula is C14H19N3O3. The van der Waals surface area contributed by atoms with Gasteiger partial charge in [-0.15, -0.1) is 0 Å². The van der Waals surface area contributed by atoms with Gasteiger partial charge in [-0.2, -0.15) is 0 Å². The summed E-state index contributed by atoms with van der Waals surface area (Å²) in [5, 5.41) is 12.4. The van der Waals surface area contributed by atoms with E-state index in [0.29, 0.717) is 5.58 Å². The van der Waals surface area contributed by atoms with Crippen LogP contribution in [0.5, 0.6) is 0 Å². The lowest BCUT2D eigenvalue weighted by Crippen LogP contribution is -2.11. The Morgan fingerprint density at radius 1 is 1.40 bits per heavy atom. The summed E-state index contributed by atoms with van der Waals surface area (Å²) in [6.07, 6.45) is 5.86. The van der Waals surface area contributed by atoms with Crippen LogP contribution in [0.2, 0.25) is 0 Å². The van der Waals surface area contributed by atoms with Gasteiger partial charge in [-0.3, -0.25) is 0 Å². The highest BCUT2D eigenvalue weighted by Gasteiger charge is 2.29. The predicted molar refractivity (Wildman–Crippen MR) is 74.5 cm³/mol. The fourth-order valence-electron chi connectivity index (χ4n) is 2.54. The molecule has 1 aliphatic heterocycles. The molecule has 3 heterocycles. The largest absolute Gasteiger partial charge is 0.458 e. The van der Waals surface area contributed by atoms with Gasteiger partial charge >= 0.3 is 0 Å². The molecule has 1 aliphatic rings. The summed E-state index contributed by atoms with van der Waals surface area (Å²) in [4.78, 5) is 8.54. The molecule has 3 rings (SSSR count). The van der Waals surface area contributed by atoms with E-state index in [1.165, 1.54) is 6.33 Å². The average Bonchev–Trinajstić information content (AvgIpc) is 3.10. The van der Waals surface area contributed by atoms with Gasteiger partial charge in [-0.25, -0.2) is 9.97 Å². The highest BCUT2D eigenvalue weighted by atomic mass is 16.5. The van der Waals surface area contributed by atoms with E-state index in [9.17, 15) is 0 Å². The number of aliphatic hydroxyl groups excluding tert-OH is 1. The molecule has 20 heavy (non-hydrogen) atoms. The summed E-state index contributed by atoms with van der Waals surface area (Å²) < 4.78 is 11.4. The van der Waals surface area contributed by atoms with Crippen LogP contribution in [0.4, 0.5) is 5.82 Å². The molecule has 0 spiro atoms. The van der Waals surface area contributed by atoms with Gasteiger partial charge in [0.2, 0.25) is 0 Å². The third-order valence-corrected chi connectivity index (χ3v) is 3.58. The van der Waals surface area contributed by atoms with Crippen molar-refractivity contribution in [3.63, 3.8) is 0 Å². The normalized spacial score (nSPS) is 22.5. The summed E-state index contributed by atoms with van der Waals surface area (Å²) in [6, 6.07) is 0. The smallest absolute Gasteiger partial charge is 0.194 e. The molecular weight excluding hydrogens is 258 g/mol. The molecule has 1 saturated heterocycles.